The maximum Gasteiger partial charge on any atom is 0.247 e. The Balaban J connectivity index is 2.59. The molecule has 1 aromatic carbocycles. The number of hydrogen-bond donors (Lipinski definition) is 0. The quantitative estimate of drug-likeness (QED) is 0.529. The van der Waals surface area contributed by atoms with Crippen LogP contribution in [0.2, 0.25) is 0 Å². The zero-order valence-electron chi connectivity index (χ0n) is 6.41. The fraction of sp³-hybridized carbons (Fsp3) is 0.250. The van der Waals surface area contributed by atoms with Crippen LogP contribution >= 0.6 is 0 Å². The van der Waals surface area contributed by atoms with E-state index in [1.54, 1.807) is 0 Å². The normalized spacial score (nSPS) is 9.90. The lowest BCUT2D eigenvalue weighted by Gasteiger charge is -2.05. The Morgan fingerprint density at radius 3 is 2.20 bits per heavy atom. The summed E-state index contributed by atoms with van der Waals surface area (Å²) in [5, 5.41) is 0. The van der Waals surface area contributed by atoms with Gasteiger partial charge in [0.25, 0.3) is 0 Å². The highest BCUT2D eigenvalue weighted by Crippen LogP contribution is 1.81. The molecule has 0 aliphatic carbocycles. The van der Waals surface area contributed by atoms with Gasteiger partial charge in [-0.2, -0.15) is 0 Å². The van der Waals surface area contributed by atoms with E-state index in [9.17, 15) is 0 Å². The van der Waals surface area contributed by atoms with Crippen molar-refractivity contribution in [3.05, 3.63) is 30.3 Å². The van der Waals surface area contributed by atoms with Crippen LogP contribution in [0.25, 0.3) is 0 Å². The first-order valence-electron chi connectivity index (χ1n) is 3.35. The van der Waals surface area contributed by atoms with Crippen LogP contribution in [0.1, 0.15) is 0 Å². The summed E-state index contributed by atoms with van der Waals surface area (Å²) in [6.07, 6.45) is 0. The lowest BCUT2D eigenvalue weighted by molar-refractivity contribution is 0.669. The molecule has 51 valence electrons. The van der Waals surface area contributed by atoms with Crippen molar-refractivity contribution < 1.29 is 0 Å². The van der Waals surface area contributed by atoms with Crippen molar-refractivity contribution in [2.24, 2.45) is 0 Å². The molecular formula is C8H11BN. The molecule has 0 aliphatic heterocycles. The van der Waals surface area contributed by atoms with Crippen molar-refractivity contribution in [1.82, 2.24) is 4.81 Å². The third-order valence-corrected chi connectivity index (χ3v) is 1.21. The summed E-state index contributed by atoms with van der Waals surface area (Å²) < 4.78 is 0. The van der Waals surface area contributed by atoms with Crippen molar-refractivity contribution in [3.63, 3.8) is 0 Å². The molecule has 0 heterocycles. The van der Waals surface area contributed by atoms with Gasteiger partial charge in [-0.15, -0.1) is 0 Å². The van der Waals surface area contributed by atoms with E-state index in [0.29, 0.717) is 0 Å². The predicted molar refractivity (Wildman–Crippen MR) is 45.5 cm³/mol. The smallest absolute Gasteiger partial charge is 0.247 e. The molecule has 0 aliphatic rings. The number of nitrogens with zero attached hydrogens (tertiary/aromatic N) is 1. The Morgan fingerprint density at radius 2 is 1.70 bits per heavy atom. The van der Waals surface area contributed by atoms with Crippen LogP contribution in [0, 0.1) is 0 Å². The third kappa shape index (κ3) is 2.23. The summed E-state index contributed by atoms with van der Waals surface area (Å²) in [5.74, 6) is 0. The molecular weight excluding hydrogens is 121 g/mol. The average molecular weight is 132 g/mol. The molecule has 10 heavy (non-hydrogen) atoms. The molecule has 0 spiro atoms. The lowest BCUT2D eigenvalue weighted by atomic mass is 9.82. The van der Waals surface area contributed by atoms with Gasteiger partial charge in [0.1, 0.15) is 0 Å². The van der Waals surface area contributed by atoms with Gasteiger partial charge in [-0.1, -0.05) is 35.8 Å². The monoisotopic (exact) mass is 132 g/mol. The van der Waals surface area contributed by atoms with Gasteiger partial charge < -0.3 is 4.81 Å². The summed E-state index contributed by atoms with van der Waals surface area (Å²) in [5.41, 5.74) is 1.24. The molecule has 1 rings (SSSR count). The van der Waals surface area contributed by atoms with E-state index in [1.165, 1.54) is 5.46 Å². The first-order chi connectivity index (χ1) is 4.79. The van der Waals surface area contributed by atoms with E-state index in [1.807, 2.05) is 37.1 Å². The SMILES string of the molecule is CN(C)[B]c1ccccc1. The van der Waals surface area contributed by atoms with Gasteiger partial charge in [0, 0.05) is 0 Å². The van der Waals surface area contributed by atoms with Crippen LogP contribution in [-0.2, 0) is 0 Å². The van der Waals surface area contributed by atoms with Gasteiger partial charge >= 0.3 is 0 Å². The lowest BCUT2D eigenvalue weighted by Crippen LogP contribution is -2.28. The van der Waals surface area contributed by atoms with Crippen LogP contribution in [0.15, 0.2) is 30.3 Å². The van der Waals surface area contributed by atoms with Crippen LogP contribution in [0.5, 0.6) is 0 Å². The maximum absolute atomic E-state index is 2.08. The van der Waals surface area contributed by atoms with Crippen LogP contribution in [-0.4, -0.2) is 26.3 Å². The van der Waals surface area contributed by atoms with Crippen molar-refractivity contribution in [2.45, 2.75) is 0 Å². The van der Waals surface area contributed by atoms with E-state index in [2.05, 4.69) is 19.5 Å². The topological polar surface area (TPSA) is 3.24 Å². The minimum atomic E-state index is 1.24. The Labute approximate surface area is 62.9 Å². The summed E-state index contributed by atoms with van der Waals surface area (Å²) >= 11 is 0. The van der Waals surface area contributed by atoms with E-state index in [4.69, 9.17) is 0 Å². The van der Waals surface area contributed by atoms with Gasteiger partial charge in [-0.3, -0.25) is 0 Å². The number of hydrogen-bond acceptors (Lipinski definition) is 1. The average Bonchev–Trinajstić information content (AvgIpc) is 1.88. The molecule has 1 radical (unpaired) electrons. The molecule has 0 N–H and O–H groups in total. The van der Waals surface area contributed by atoms with Crippen LogP contribution in [0.3, 0.4) is 0 Å². The first-order valence-corrected chi connectivity index (χ1v) is 3.35. The molecule has 0 bridgehead atoms. The van der Waals surface area contributed by atoms with Crippen molar-refractivity contribution in [3.8, 4) is 0 Å². The van der Waals surface area contributed by atoms with E-state index >= 15 is 0 Å². The highest BCUT2D eigenvalue weighted by atomic mass is 15.0. The molecule has 1 aromatic rings. The van der Waals surface area contributed by atoms with Gasteiger partial charge in [0.2, 0.25) is 7.41 Å². The fourth-order valence-corrected chi connectivity index (χ4v) is 0.837. The molecule has 0 saturated carbocycles. The second kappa shape index (κ2) is 3.42. The Kier molecular flexibility index (Phi) is 2.52. The van der Waals surface area contributed by atoms with Gasteiger partial charge in [-0.05, 0) is 14.1 Å². The summed E-state index contributed by atoms with van der Waals surface area (Å²) in [4.78, 5) is 2.04. The Morgan fingerprint density at radius 1 is 1.10 bits per heavy atom. The van der Waals surface area contributed by atoms with Crippen molar-refractivity contribution in [1.29, 1.82) is 0 Å². The van der Waals surface area contributed by atoms with Gasteiger partial charge in [0.15, 0.2) is 0 Å². The first kappa shape index (κ1) is 7.35. The molecule has 0 unspecified atom stereocenters. The van der Waals surface area contributed by atoms with E-state index in [-0.39, 0.29) is 0 Å². The highest BCUT2D eigenvalue weighted by Gasteiger charge is 1.94. The van der Waals surface area contributed by atoms with Gasteiger partial charge in [-0.25, -0.2) is 0 Å². The molecule has 0 aromatic heterocycles. The van der Waals surface area contributed by atoms with Gasteiger partial charge in [0.05, 0.1) is 0 Å². The second-order valence-corrected chi connectivity index (χ2v) is 2.50. The fourth-order valence-electron chi connectivity index (χ4n) is 0.837. The third-order valence-electron chi connectivity index (χ3n) is 1.21. The second-order valence-electron chi connectivity index (χ2n) is 2.50. The van der Waals surface area contributed by atoms with Crippen LogP contribution < -0.4 is 5.46 Å². The summed E-state index contributed by atoms with van der Waals surface area (Å²) in [6.45, 7) is 0. The molecule has 0 saturated heterocycles. The molecule has 2 heteroatoms. The zero-order chi connectivity index (χ0) is 7.40. The zero-order valence-corrected chi connectivity index (χ0v) is 6.41. The van der Waals surface area contributed by atoms with Crippen LogP contribution in [0.4, 0.5) is 0 Å². The summed E-state index contributed by atoms with van der Waals surface area (Å²) in [7, 11) is 6.12. The van der Waals surface area contributed by atoms with E-state index in [0.717, 1.165) is 0 Å². The molecule has 0 fully saturated rings. The van der Waals surface area contributed by atoms with E-state index < -0.39 is 0 Å². The Hall–Kier alpha value is -0.755. The largest absolute Gasteiger partial charge is 0.348 e. The number of rotatable bonds is 2. The minimum absolute atomic E-state index is 1.24. The predicted octanol–water partition coefficient (Wildman–Crippen LogP) is 0.493. The molecule has 1 nitrogen and oxygen atoms in total. The summed E-state index contributed by atoms with van der Waals surface area (Å²) in [6, 6.07) is 10.3. The maximum atomic E-state index is 2.08. The number of benzene rings is 1. The minimum Gasteiger partial charge on any atom is -0.348 e. The van der Waals surface area contributed by atoms with Crippen molar-refractivity contribution in [2.75, 3.05) is 14.1 Å². The molecule has 0 atom stereocenters. The van der Waals surface area contributed by atoms with Crippen molar-refractivity contribution >= 4 is 12.9 Å². The standard InChI is InChI=1S/C8H11BN/c1-10(2)9-8-6-4-3-5-7-8/h3-7H,1-2H3. The Bertz CT molecular complexity index is 184. The molecule has 0 amide bonds. The highest BCUT2D eigenvalue weighted by molar-refractivity contribution is 6.50.